The van der Waals surface area contributed by atoms with Crippen molar-refractivity contribution < 1.29 is 9.59 Å². The molecule has 0 unspecified atom stereocenters. The molecule has 3 N–H and O–H groups in total. The SMILES string of the molecule is CCCCCCn1c(SCC(=O)NC(N)=O)nc2ccccc21. The van der Waals surface area contributed by atoms with Crippen LogP contribution in [0.15, 0.2) is 29.4 Å². The Balaban J connectivity index is 2.10. The number of thioether (sulfide) groups is 1. The van der Waals surface area contributed by atoms with Crippen molar-refractivity contribution in [1.29, 1.82) is 0 Å². The van der Waals surface area contributed by atoms with E-state index < -0.39 is 11.9 Å². The van der Waals surface area contributed by atoms with Gasteiger partial charge in [0.25, 0.3) is 0 Å². The van der Waals surface area contributed by atoms with Crippen molar-refractivity contribution >= 4 is 34.7 Å². The minimum absolute atomic E-state index is 0.112. The van der Waals surface area contributed by atoms with Crippen LogP contribution >= 0.6 is 11.8 Å². The second-order valence-electron chi connectivity index (χ2n) is 5.30. The molecule has 0 spiro atoms. The third kappa shape index (κ3) is 4.99. The quantitative estimate of drug-likeness (QED) is 0.574. The number of urea groups is 1. The van der Waals surface area contributed by atoms with Crippen molar-refractivity contribution in [2.24, 2.45) is 5.73 Å². The summed E-state index contributed by atoms with van der Waals surface area (Å²) in [4.78, 5) is 26.9. The first-order valence-electron chi connectivity index (χ1n) is 7.79. The van der Waals surface area contributed by atoms with E-state index in [0.717, 1.165) is 29.2 Å². The van der Waals surface area contributed by atoms with Gasteiger partial charge in [-0.25, -0.2) is 9.78 Å². The number of primary amides is 1. The Labute approximate surface area is 139 Å². The average molecular weight is 334 g/mol. The van der Waals surface area contributed by atoms with Crippen LogP contribution in [0, 0.1) is 0 Å². The third-order valence-electron chi connectivity index (χ3n) is 3.45. The van der Waals surface area contributed by atoms with Gasteiger partial charge in [-0.3, -0.25) is 10.1 Å². The smallest absolute Gasteiger partial charge is 0.318 e. The Morgan fingerprint density at radius 2 is 2.04 bits per heavy atom. The molecular formula is C16H22N4O2S. The van der Waals surface area contributed by atoms with E-state index in [1.807, 2.05) is 24.3 Å². The maximum Gasteiger partial charge on any atom is 0.318 e. The summed E-state index contributed by atoms with van der Waals surface area (Å²) >= 11 is 1.32. The van der Waals surface area contributed by atoms with Gasteiger partial charge in [0, 0.05) is 6.54 Å². The molecule has 1 aromatic carbocycles. The first-order chi connectivity index (χ1) is 11.1. The molecule has 2 aromatic rings. The number of nitrogens with zero attached hydrogens (tertiary/aromatic N) is 2. The van der Waals surface area contributed by atoms with Gasteiger partial charge < -0.3 is 10.3 Å². The van der Waals surface area contributed by atoms with Crippen LogP contribution in [0.4, 0.5) is 4.79 Å². The molecule has 0 aliphatic carbocycles. The highest BCUT2D eigenvalue weighted by atomic mass is 32.2. The topological polar surface area (TPSA) is 90.0 Å². The molecule has 0 radical (unpaired) electrons. The highest BCUT2D eigenvalue weighted by Gasteiger charge is 2.13. The van der Waals surface area contributed by atoms with E-state index in [1.165, 1.54) is 31.0 Å². The van der Waals surface area contributed by atoms with E-state index in [0.29, 0.717) is 0 Å². The molecule has 1 aromatic heterocycles. The van der Waals surface area contributed by atoms with Gasteiger partial charge in [-0.05, 0) is 18.6 Å². The van der Waals surface area contributed by atoms with Crippen LogP contribution in [0.25, 0.3) is 11.0 Å². The average Bonchev–Trinajstić information content (AvgIpc) is 2.87. The first-order valence-corrected chi connectivity index (χ1v) is 8.77. The summed E-state index contributed by atoms with van der Waals surface area (Å²) in [6, 6.07) is 7.11. The number of fused-ring (bicyclic) bond motifs is 1. The van der Waals surface area contributed by atoms with Crippen molar-refractivity contribution in [3.63, 3.8) is 0 Å². The van der Waals surface area contributed by atoms with Crippen LogP contribution < -0.4 is 11.1 Å². The number of hydrogen-bond donors (Lipinski definition) is 2. The number of carbonyl (C=O) groups excluding carboxylic acids is 2. The third-order valence-corrected chi connectivity index (χ3v) is 4.43. The molecular weight excluding hydrogens is 312 g/mol. The number of hydrogen-bond acceptors (Lipinski definition) is 4. The molecule has 3 amide bonds. The van der Waals surface area contributed by atoms with E-state index >= 15 is 0 Å². The van der Waals surface area contributed by atoms with Crippen molar-refractivity contribution in [1.82, 2.24) is 14.9 Å². The second kappa shape index (κ2) is 8.57. The Kier molecular flexibility index (Phi) is 6.46. The molecule has 0 atom stereocenters. The minimum Gasteiger partial charge on any atom is -0.351 e. The minimum atomic E-state index is -0.830. The Morgan fingerprint density at radius 3 is 2.78 bits per heavy atom. The van der Waals surface area contributed by atoms with Gasteiger partial charge in [-0.15, -0.1) is 0 Å². The number of benzene rings is 1. The van der Waals surface area contributed by atoms with Gasteiger partial charge in [0.05, 0.1) is 16.8 Å². The van der Waals surface area contributed by atoms with E-state index in [-0.39, 0.29) is 5.75 Å². The largest absolute Gasteiger partial charge is 0.351 e. The Hall–Kier alpha value is -2.02. The van der Waals surface area contributed by atoms with E-state index in [2.05, 4.69) is 21.8 Å². The molecule has 124 valence electrons. The van der Waals surface area contributed by atoms with Crippen LogP contribution in [-0.2, 0) is 11.3 Å². The van der Waals surface area contributed by atoms with Crippen LogP contribution in [0.1, 0.15) is 32.6 Å². The molecule has 0 fully saturated rings. The zero-order chi connectivity index (χ0) is 16.7. The van der Waals surface area contributed by atoms with Crippen LogP contribution in [0.5, 0.6) is 0 Å². The van der Waals surface area contributed by atoms with Crippen LogP contribution in [0.3, 0.4) is 0 Å². The second-order valence-corrected chi connectivity index (χ2v) is 6.24. The fourth-order valence-corrected chi connectivity index (χ4v) is 3.22. The fraction of sp³-hybridized carbons (Fsp3) is 0.438. The molecule has 0 aliphatic heterocycles. The molecule has 2 rings (SSSR count). The van der Waals surface area contributed by atoms with Crippen molar-refractivity contribution in [2.75, 3.05) is 5.75 Å². The maximum absolute atomic E-state index is 11.6. The molecule has 0 bridgehead atoms. The van der Waals surface area contributed by atoms with Crippen LogP contribution in [0.2, 0.25) is 0 Å². The lowest BCUT2D eigenvalue weighted by Crippen LogP contribution is -2.36. The number of carbonyl (C=O) groups is 2. The molecule has 23 heavy (non-hydrogen) atoms. The fourth-order valence-electron chi connectivity index (χ4n) is 2.38. The predicted molar refractivity (Wildman–Crippen MR) is 92.3 cm³/mol. The molecule has 0 saturated carbocycles. The van der Waals surface area contributed by atoms with Crippen LogP contribution in [-0.4, -0.2) is 27.2 Å². The number of imidazole rings is 1. The van der Waals surface area contributed by atoms with Crippen molar-refractivity contribution in [2.45, 2.75) is 44.3 Å². The summed E-state index contributed by atoms with van der Waals surface area (Å²) in [7, 11) is 0. The zero-order valence-corrected chi connectivity index (χ0v) is 14.1. The molecule has 7 heteroatoms. The van der Waals surface area contributed by atoms with Gasteiger partial charge in [-0.1, -0.05) is 50.1 Å². The molecule has 1 heterocycles. The Bertz CT molecular complexity index is 684. The normalized spacial score (nSPS) is 10.8. The number of nitrogens with two attached hydrogens (primary N) is 1. The predicted octanol–water partition coefficient (Wildman–Crippen LogP) is 2.90. The summed E-state index contributed by atoms with van der Waals surface area (Å²) in [6.07, 6.45) is 4.67. The highest BCUT2D eigenvalue weighted by molar-refractivity contribution is 7.99. The lowest BCUT2D eigenvalue weighted by atomic mass is 10.2. The van der Waals surface area contributed by atoms with E-state index in [9.17, 15) is 9.59 Å². The van der Waals surface area contributed by atoms with Gasteiger partial charge >= 0.3 is 6.03 Å². The van der Waals surface area contributed by atoms with Gasteiger partial charge in [0.1, 0.15) is 0 Å². The van der Waals surface area contributed by atoms with Crippen molar-refractivity contribution in [3.8, 4) is 0 Å². The highest BCUT2D eigenvalue weighted by Crippen LogP contribution is 2.24. The number of amides is 3. The Morgan fingerprint density at radius 1 is 1.26 bits per heavy atom. The number of rotatable bonds is 8. The number of unbranched alkanes of at least 4 members (excludes halogenated alkanes) is 3. The number of aromatic nitrogens is 2. The first kappa shape index (κ1) is 17.3. The van der Waals surface area contributed by atoms with E-state index in [4.69, 9.17) is 5.73 Å². The summed E-state index contributed by atoms with van der Waals surface area (Å²) in [5.41, 5.74) is 6.94. The maximum atomic E-state index is 11.6. The molecule has 0 saturated heterocycles. The lowest BCUT2D eigenvalue weighted by Gasteiger charge is -2.08. The van der Waals surface area contributed by atoms with Gasteiger partial charge in [0.2, 0.25) is 5.91 Å². The number of imide groups is 1. The number of nitrogens with one attached hydrogen (secondary N) is 1. The zero-order valence-electron chi connectivity index (χ0n) is 13.2. The summed E-state index contributed by atoms with van der Waals surface area (Å²) in [5.74, 6) is -0.298. The molecule has 0 aliphatic rings. The standard InChI is InChI=1S/C16H22N4O2S/c1-2-3-4-7-10-20-13-9-6-5-8-12(13)18-16(20)23-11-14(21)19-15(17)22/h5-6,8-9H,2-4,7,10-11H2,1H3,(H3,17,19,21,22). The van der Waals surface area contributed by atoms with Crippen molar-refractivity contribution in [3.05, 3.63) is 24.3 Å². The lowest BCUT2D eigenvalue weighted by molar-refractivity contribution is -0.117. The van der Waals surface area contributed by atoms with E-state index in [1.54, 1.807) is 0 Å². The van der Waals surface area contributed by atoms with Gasteiger partial charge in [0.15, 0.2) is 5.16 Å². The summed E-state index contributed by atoms with van der Waals surface area (Å²) in [5, 5.41) is 2.86. The monoisotopic (exact) mass is 334 g/mol. The number of aryl methyl sites for hydroxylation is 1. The number of para-hydroxylation sites is 2. The molecule has 6 nitrogen and oxygen atoms in total. The summed E-state index contributed by atoms with van der Waals surface area (Å²) in [6.45, 7) is 3.06. The summed E-state index contributed by atoms with van der Waals surface area (Å²) < 4.78 is 2.15. The van der Waals surface area contributed by atoms with Gasteiger partial charge in [-0.2, -0.15) is 0 Å².